The predicted molar refractivity (Wildman–Crippen MR) is 135 cm³/mol. The van der Waals surface area contributed by atoms with Gasteiger partial charge in [0.25, 0.3) is 5.91 Å². The summed E-state index contributed by atoms with van der Waals surface area (Å²) >= 11 is 6.04. The molecule has 11 heteroatoms. The van der Waals surface area contributed by atoms with Crippen LogP contribution in [0, 0.1) is 5.41 Å². The van der Waals surface area contributed by atoms with Crippen LogP contribution in [0.4, 0.5) is 30.5 Å². The Morgan fingerprint density at radius 2 is 1.78 bits per heavy atom. The molecule has 1 spiro atoms. The van der Waals surface area contributed by atoms with E-state index in [4.69, 9.17) is 11.6 Å². The number of alkyl halides is 3. The molecule has 3 aliphatic heterocycles. The first-order chi connectivity index (χ1) is 17.7. The van der Waals surface area contributed by atoms with Crippen molar-refractivity contribution in [2.45, 2.75) is 25.6 Å². The molecule has 1 aromatic heterocycles. The van der Waals surface area contributed by atoms with Crippen molar-refractivity contribution in [1.29, 1.82) is 0 Å². The SMILES string of the molecule is CC1=NN(c2ccc(Cl)cc2)C(=O)[C@]12Cc1cc(C(F)(F)F)ccc1N1CCN(c3ncccn3)C[C@@H]12. The summed E-state index contributed by atoms with van der Waals surface area (Å²) in [6.07, 6.45) is -1.06. The van der Waals surface area contributed by atoms with Crippen molar-refractivity contribution in [3.63, 3.8) is 0 Å². The minimum atomic E-state index is -4.49. The largest absolute Gasteiger partial charge is 0.416 e. The number of piperazine rings is 1. The third kappa shape index (κ3) is 3.73. The van der Waals surface area contributed by atoms with E-state index in [1.807, 2.05) is 4.90 Å². The van der Waals surface area contributed by atoms with Crippen LogP contribution in [0.5, 0.6) is 0 Å². The van der Waals surface area contributed by atoms with Gasteiger partial charge in [-0.3, -0.25) is 4.79 Å². The van der Waals surface area contributed by atoms with Crippen molar-refractivity contribution in [2.75, 3.05) is 34.4 Å². The first-order valence-corrected chi connectivity index (χ1v) is 12.2. The Hall–Kier alpha value is -3.66. The Morgan fingerprint density at radius 1 is 1.05 bits per heavy atom. The predicted octanol–water partition coefficient (Wildman–Crippen LogP) is 4.81. The van der Waals surface area contributed by atoms with E-state index in [-0.39, 0.29) is 18.4 Å². The monoisotopic (exact) mass is 526 g/mol. The number of halogens is 4. The number of fused-ring (bicyclic) bond motifs is 4. The molecule has 4 heterocycles. The fourth-order valence-corrected chi connectivity index (χ4v) is 5.83. The number of rotatable bonds is 2. The maximum Gasteiger partial charge on any atom is 0.416 e. The number of amides is 1. The first kappa shape index (κ1) is 23.7. The molecule has 7 nitrogen and oxygen atoms in total. The van der Waals surface area contributed by atoms with Gasteiger partial charge in [-0.15, -0.1) is 0 Å². The Balaban J connectivity index is 1.47. The minimum absolute atomic E-state index is 0.106. The molecule has 2 atom stereocenters. The first-order valence-electron chi connectivity index (χ1n) is 11.8. The van der Waals surface area contributed by atoms with Gasteiger partial charge in [0, 0.05) is 42.7 Å². The summed E-state index contributed by atoms with van der Waals surface area (Å²) < 4.78 is 40.9. The van der Waals surface area contributed by atoms with Crippen LogP contribution < -0.4 is 14.8 Å². The van der Waals surface area contributed by atoms with Crippen LogP contribution in [0.15, 0.2) is 66.0 Å². The molecule has 6 rings (SSSR count). The third-order valence-corrected chi connectivity index (χ3v) is 7.76. The molecule has 0 N–H and O–H groups in total. The van der Waals surface area contributed by atoms with Crippen LogP contribution in [0.3, 0.4) is 0 Å². The number of nitrogens with zero attached hydrogens (tertiary/aromatic N) is 6. The molecule has 0 radical (unpaired) electrons. The van der Waals surface area contributed by atoms with E-state index in [9.17, 15) is 18.0 Å². The second-order valence-corrected chi connectivity index (χ2v) is 9.91. The Bertz CT molecular complexity index is 1400. The van der Waals surface area contributed by atoms with Gasteiger partial charge in [0.2, 0.25) is 5.95 Å². The highest BCUT2D eigenvalue weighted by Gasteiger charge is 2.60. The van der Waals surface area contributed by atoms with Gasteiger partial charge < -0.3 is 9.80 Å². The fraction of sp³-hybridized carbons (Fsp3) is 0.308. The summed E-state index contributed by atoms with van der Waals surface area (Å²) in [5.41, 5.74) is 0.405. The van der Waals surface area contributed by atoms with E-state index >= 15 is 0 Å². The molecule has 2 aromatic carbocycles. The molecule has 1 amide bonds. The second kappa shape index (κ2) is 8.44. The van der Waals surface area contributed by atoms with Crippen molar-refractivity contribution in [3.8, 4) is 0 Å². The Morgan fingerprint density at radius 3 is 2.49 bits per heavy atom. The highest BCUT2D eigenvalue weighted by atomic mass is 35.5. The quantitative estimate of drug-likeness (QED) is 0.479. The van der Waals surface area contributed by atoms with Crippen LogP contribution >= 0.6 is 11.6 Å². The van der Waals surface area contributed by atoms with Crippen LogP contribution in [0.1, 0.15) is 18.1 Å². The van der Waals surface area contributed by atoms with E-state index in [0.717, 1.165) is 6.07 Å². The molecule has 1 fully saturated rings. The topological polar surface area (TPSA) is 64.9 Å². The number of anilines is 3. The second-order valence-electron chi connectivity index (χ2n) is 9.47. The zero-order chi connectivity index (χ0) is 25.9. The van der Waals surface area contributed by atoms with Gasteiger partial charge in [-0.1, -0.05) is 11.6 Å². The molecular weight excluding hydrogens is 505 g/mol. The number of carbonyl (C=O) groups is 1. The summed E-state index contributed by atoms with van der Waals surface area (Å²) in [6.45, 7) is 3.24. The molecule has 0 bridgehead atoms. The summed E-state index contributed by atoms with van der Waals surface area (Å²) in [4.78, 5) is 27.1. The van der Waals surface area contributed by atoms with Crippen molar-refractivity contribution >= 4 is 40.5 Å². The smallest absolute Gasteiger partial charge is 0.363 e. The van der Waals surface area contributed by atoms with Crippen LogP contribution in [-0.2, 0) is 17.4 Å². The number of benzene rings is 2. The van der Waals surface area contributed by atoms with Gasteiger partial charge in [-0.25, -0.2) is 9.97 Å². The van der Waals surface area contributed by atoms with Crippen LogP contribution in [0.25, 0.3) is 0 Å². The molecule has 0 saturated carbocycles. The lowest BCUT2D eigenvalue weighted by atomic mass is 9.67. The lowest BCUT2D eigenvalue weighted by molar-refractivity contribution is -0.137. The summed E-state index contributed by atoms with van der Waals surface area (Å²) in [6, 6.07) is 11.9. The standard InChI is InChI=1S/C26H22ClF3N6O/c1-16-25(23(37)36(33-16)20-6-4-19(27)5-7-20)14-17-13-18(26(28,29)30)3-8-21(17)35-12-11-34(15-22(25)35)24-31-9-2-10-32-24/h2-10,13,22H,11-12,14-15H2,1H3/t22-,25-/m1/s1. The maximum atomic E-state index is 14.2. The number of aromatic nitrogens is 2. The molecule has 3 aromatic rings. The molecule has 1 saturated heterocycles. The fourth-order valence-electron chi connectivity index (χ4n) is 5.70. The minimum Gasteiger partial charge on any atom is -0.363 e. The van der Waals surface area contributed by atoms with E-state index in [1.165, 1.54) is 17.1 Å². The molecule has 190 valence electrons. The van der Waals surface area contributed by atoms with E-state index in [0.29, 0.717) is 53.3 Å². The normalized spacial score (nSPS) is 23.3. The van der Waals surface area contributed by atoms with E-state index < -0.39 is 17.2 Å². The third-order valence-electron chi connectivity index (χ3n) is 7.51. The zero-order valence-corrected chi connectivity index (χ0v) is 20.5. The molecule has 3 aliphatic rings. The van der Waals surface area contributed by atoms with Crippen molar-refractivity contribution < 1.29 is 18.0 Å². The van der Waals surface area contributed by atoms with Gasteiger partial charge in [-0.2, -0.15) is 23.3 Å². The van der Waals surface area contributed by atoms with Crippen LogP contribution in [-0.4, -0.2) is 47.3 Å². The summed E-state index contributed by atoms with van der Waals surface area (Å²) in [5, 5.41) is 6.51. The van der Waals surface area contributed by atoms with E-state index in [1.54, 1.807) is 49.6 Å². The van der Waals surface area contributed by atoms with Crippen molar-refractivity contribution in [2.24, 2.45) is 10.5 Å². The van der Waals surface area contributed by atoms with Crippen molar-refractivity contribution in [3.05, 3.63) is 77.1 Å². The average Bonchev–Trinajstić information content (AvgIpc) is 3.14. The Kier molecular flexibility index (Phi) is 5.41. The van der Waals surface area contributed by atoms with E-state index in [2.05, 4.69) is 20.0 Å². The van der Waals surface area contributed by atoms with Gasteiger partial charge >= 0.3 is 6.18 Å². The van der Waals surface area contributed by atoms with Crippen molar-refractivity contribution in [1.82, 2.24) is 9.97 Å². The molecule has 0 aliphatic carbocycles. The Labute approximate surface area is 216 Å². The number of hydrazone groups is 1. The highest BCUT2D eigenvalue weighted by molar-refractivity contribution is 6.30. The zero-order valence-electron chi connectivity index (χ0n) is 19.8. The number of carbonyl (C=O) groups excluding carboxylic acids is 1. The molecular formula is C26H22ClF3N6O. The van der Waals surface area contributed by atoms with Crippen LogP contribution in [0.2, 0.25) is 5.02 Å². The number of hydrogen-bond donors (Lipinski definition) is 0. The molecule has 37 heavy (non-hydrogen) atoms. The van der Waals surface area contributed by atoms with Gasteiger partial charge in [0.05, 0.1) is 23.0 Å². The van der Waals surface area contributed by atoms with Gasteiger partial charge in [-0.05, 0) is 67.4 Å². The average molecular weight is 527 g/mol. The van der Waals surface area contributed by atoms with Gasteiger partial charge in [0.1, 0.15) is 5.41 Å². The summed E-state index contributed by atoms with van der Waals surface area (Å²) in [7, 11) is 0. The lowest BCUT2D eigenvalue weighted by Crippen LogP contribution is -2.67. The van der Waals surface area contributed by atoms with Gasteiger partial charge in [0.15, 0.2) is 0 Å². The number of hydrogen-bond acceptors (Lipinski definition) is 6. The summed E-state index contributed by atoms with van der Waals surface area (Å²) in [5.74, 6) is 0.270. The maximum absolute atomic E-state index is 14.2. The highest BCUT2D eigenvalue weighted by Crippen LogP contribution is 2.49. The lowest BCUT2D eigenvalue weighted by Gasteiger charge is -2.53. The molecule has 0 unspecified atom stereocenters.